The fraction of sp³-hybridized carbons (Fsp3) is 0.450. The smallest absolute Gasteiger partial charge is 0.409 e. The van der Waals surface area contributed by atoms with Crippen molar-refractivity contribution in [3.05, 3.63) is 46.6 Å². The van der Waals surface area contributed by atoms with Gasteiger partial charge in [0.05, 0.1) is 17.5 Å². The molecule has 1 amide bonds. The van der Waals surface area contributed by atoms with Crippen LogP contribution in [0.15, 0.2) is 30.3 Å². The second-order valence-electron chi connectivity index (χ2n) is 6.90. The summed E-state index contributed by atoms with van der Waals surface area (Å²) in [5.41, 5.74) is 1.09. The monoisotopic (exact) mass is 415 g/mol. The number of aromatic hydroxyl groups is 1. The van der Waals surface area contributed by atoms with Crippen molar-refractivity contribution in [1.29, 1.82) is 0 Å². The Labute approximate surface area is 173 Å². The molecule has 1 unspecified atom stereocenters. The van der Waals surface area contributed by atoms with E-state index in [-0.39, 0.29) is 18.0 Å². The lowest BCUT2D eigenvalue weighted by molar-refractivity contribution is 0.0715. The summed E-state index contributed by atoms with van der Waals surface area (Å²) in [6, 6.07) is 9.99. The number of thiazole rings is 1. The maximum atomic E-state index is 12.0. The predicted octanol–water partition coefficient (Wildman–Crippen LogP) is 2.92. The Kier molecular flexibility index (Phi) is 5.68. The van der Waals surface area contributed by atoms with E-state index >= 15 is 0 Å². The molecule has 1 N–H and O–H groups in total. The summed E-state index contributed by atoms with van der Waals surface area (Å²) in [6.07, 6.45) is 0.457. The molecule has 8 nitrogen and oxygen atoms in total. The molecule has 1 aromatic carbocycles. The lowest BCUT2D eigenvalue weighted by Crippen LogP contribution is -2.49. The van der Waals surface area contributed by atoms with Crippen LogP contribution >= 0.6 is 11.3 Å². The van der Waals surface area contributed by atoms with Crippen LogP contribution in [0, 0.1) is 0 Å². The van der Waals surface area contributed by atoms with Gasteiger partial charge in [-0.05, 0) is 12.5 Å². The van der Waals surface area contributed by atoms with Gasteiger partial charge < -0.3 is 14.7 Å². The van der Waals surface area contributed by atoms with Crippen molar-refractivity contribution in [3.63, 3.8) is 0 Å². The Morgan fingerprint density at radius 3 is 2.55 bits per heavy atom. The summed E-state index contributed by atoms with van der Waals surface area (Å²) in [7, 11) is 0. The van der Waals surface area contributed by atoms with Crippen LogP contribution in [0.2, 0.25) is 0 Å². The Morgan fingerprint density at radius 2 is 1.93 bits per heavy atom. The topological polar surface area (TPSA) is 83.2 Å². The van der Waals surface area contributed by atoms with E-state index in [0.29, 0.717) is 37.7 Å². The number of aromatic nitrogens is 3. The molecule has 0 bridgehead atoms. The van der Waals surface area contributed by atoms with Crippen molar-refractivity contribution in [3.8, 4) is 5.88 Å². The van der Waals surface area contributed by atoms with Crippen LogP contribution in [0.3, 0.4) is 0 Å². The fourth-order valence-corrected chi connectivity index (χ4v) is 4.80. The average molecular weight is 416 g/mol. The number of piperazine rings is 1. The number of amides is 1. The quantitative estimate of drug-likeness (QED) is 0.690. The number of carbonyl (C=O) groups is 1. The van der Waals surface area contributed by atoms with Crippen molar-refractivity contribution >= 4 is 22.4 Å². The van der Waals surface area contributed by atoms with E-state index in [1.54, 1.807) is 4.90 Å². The Balaban J connectivity index is 1.65. The van der Waals surface area contributed by atoms with Crippen LogP contribution in [0.5, 0.6) is 5.88 Å². The first-order chi connectivity index (χ1) is 14.1. The van der Waals surface area contributed by atoms with Crippen LogP contribution < -0.4 is 0 Å². The molecule has 154 valence electrons. The largest absolute Gasteiger partial charge is 0.492 e. The average Bonchev–Trinajstić information content (AvgIpc) is 3.29. The first kappa shape index (κ1) is 19.7. The molecule has 4 rings (SSSR count). The van der Waals surface area contributed by atoms with Gasteiger partial charge >= 0.3 is 6.09 Å². The van der Waals surface area contributed by atoms with Gasteiger partial charge in [-0.1, -0.05) is 48.6 Å². The number of hydrogen-bond donors (Lipinski definition) is 1. The van der Waals surface area contributed by atoms with Crippen LogP contribution in [0.4, 0.5) is 4.79 Å². The van der Waals surface area contributed by atoms with Gasteiger partial charge in [0.25, 0.3) is 0 Å². The molecule has 0 spiro atoms. The van der Waals surface area contributed by atoms with Crippen molar-refractivity contribution in [2.24, 2.45) is 0 Å². The minimum atomic E-state index is -0.267. The number of nitrogens with zero attached hydrogens (tertiary/aromatic N) is 5. The minimum Gasteiger partial charge on any atom is -0.492 e. The predicted molar refractivity (Wildman–Crippen MR) is 110 cm³/mol. The molecule has 0 radical (unpaired) electrons. The molecular formula is C20H25N5O3S. The van der Waals surface area contributed by atoms with Gasteiger partial charge in [0.1, 0.15) is 0 Å². The van der Waals surface area contributed by atoms with E-state index in [1.807, 2.05) is 32.0 Å². The van der Waals surface area contributed by atoms with Crippen molar-refractivity contribution in [2.75, 3.05) is 32.8 Å². The Morgan fingerprint density at radius 1 is 1.21 bits per heavy atom. The van der Waals surface area contributed by atoms with Crippen LogP contribution in [-0.4, -0.2) is 68.4 Å². The molecule has 0 saturated carbocycles. The van der Waals surface area contributed by atoms with Gasteiger partial charge in [0.2, 0.25) is 10.8 Å². The van der Waals surface area contributed by atoms with Gasteiger partial charge in [0, 0.05) is 32.6 Å². The second-order valence-corrected chi connectivity index (χ2v) is 7.91. The summed E-state index contributed by atoms with van der Waals surface area (Å²) >= 11 is 1.46. The lowest BCUT2D eigenvalue weighted by atomic mass is 10.0. The number of aryl methyl sites for hydroxylation is 1. The van der Waals surface area contributed by atoms with E-state index in [2.05, 4.69) is 27.1 Å². The Hall–Kier alpha value is -2.65. The molecule has 29 heavy (non-hydrogen) atoms. The number of rotatable bonds is 5. The van der Waals surface area contributed by atoms with E-state index in [1.165, 1.54) is 15.9 Å². The molecule has 0 aliphatic carbocycles. The van der Waals surface area contributed by atoms with Crippen LogP contribution in [-0.2, 0) is 11.2 Å². The Bertz CT molecular complexity index is 979. The van der Waals surface area contributed by atoms with Gasteiger partial charge in [-0.15, -0.1) is 5.10 Å². The minimum absolute atomic E-state index is 0.126. The standard InChI is InChI=1S/C20H25N5O3S/c1-3-15-21-19-25(22-15)18(26)17(29-19)16(14-8-6-5-7-9-14)23-10-12-24(13-11-23)20(27)28-4-2/h5-9,16,26H,3-4,10-13H2,1-2H3. The van der Waals surface area contributed by atoms with Crippen molar-refractivity contribution in [1.82, 2.24) is 24.4 Å². The fourth-order valence-electron chi connectivity index (χ4n) is 3.66. The highest BCUT2D eigenvalue weighted by atomic mass is 32.1. The summed E-state index contributed by atoms with van der Waals surface area (Å²) in [5.74, 6) is 0.858. The third kappa shape index (κ3) is 3.79. The molecule has 9 heteroatoms. The second kappa shape index (κ2) is 8.38. The molecule has 3 aromatic rings. The zero-order chi connectivity index (χ0) is 20.4. The molecule has 1 atom stereocenters. The summed E-state index contributed by atoms with van der Waals surface area (Å²) in [4.78, 5) is 22.1. The number of hydrogen-bond acceptors (Lipinski definition) is 7. The van der Waals surface area contributed by atoms with E-state index in [0.717, 1.165) is 22.7 Å². The molecule has 3 heterocycles. The maximum absolute atomic E-state index is 12.0. The lowest BCUT2D eigenvalue weighted by Gasteiger charge is -2.38. The summed E-state index contributed by atoms with van der Waals surface area (Å²) in [6.45, 7) is 6.73. The molecule has 1 aliphatic rings. The zero-order valence-corrected chi connectivity index (χ0v) is 17.4. The van der Waals surface area contributed by atoms with Crippen LogP contribution in [0.1, 0.15) is 36.2 Å². The normalized spacial score (nSPS) is 16.3. The molecule has 1 saturated heterocycles. The highest BCUT2D eigenvalue weighted by molar-refractivity contribution is 7.17. The highest BCUT2D eigenvalue weighted by Gasteiger charge is 2.32. The van der Waals surface area contributed by atoms with Crippen molar-refractivity contribution < 1.29 is 14.6 Å². The van der Waals surface area contributed by atoms with E-state index in [9.17, 15) is 9.90 Å². The van der Waals surface area contributed by atoms with Gasteiger partial charge in [0.15, 0.2) is 5.82 Å². The SMILES string of the molecule is CCOC(=O)N1CCN(C(c2ccccc2)c2sc3nc(CC)nn3c2O)CC1. The first-order valence-electron chi connectivity index (χ1n) is 9.90. The number of fused-ring (bicyclic) bond motifs is 1. The zero-order valence-electron chi connectivity index (χ0n) is 16.6. The first-order valence-corrected chi connectivity index (χ1v) is 10.7. The number of carbonyl (C=O) groups excluding carboxylic acids is 1. The highest BCUT2D eigenvalue weighted by Crippen LogP contribution is 2.40. The molecular weight excluding hydrogens is 390 g/mol. The van der Waals surface area contributed by atoms with Gasteiger partial charge in [-0.2, -0.15) is 4.52 Å². The number of ether oxygens (including phenoxy) is 1. The van der Waals surface area contributed by atoms with Crippen molar-refractivity contribution in [2.45, 2.75) is 26.3 Å². The van der Waals surface area contributed by atoms with Crippen LogP contribution in [0.25, 0.3) is 4.96 Å². The molecule has 2 aromatic heterocycles. The summed E-state index contributed by atoms with van der Waals surface area (Å²) in [5, 5.41) is 15.3. The molecule has 1 fully saturated rings. The van der Waals surface area contributed by atoms with Gasteiger partial charge in [-0.3, -0.25) is 4.90 Å². The maximum Gasteiger partial charge on any atom is 0.409 e. The van der Waals surface area contributed by atoms with Gasteiger partial charge in [-0.25, -0.2) is 9.78 Å². The summed E-state index contributed by atoms with van der Waals surface area (Å²) < 4.78 is 6.66. The van der Waals surface area contributed by atoms with E-state index < -0.39 is 0 Å². The third-order valence-electron chi connectivity index (χ3n) is 5.13. The number of benzene rings is 1. The van der Waals surface area contributed by atoms with E-state index in [4.69, 9.17) is 4.74 Å². The molecule has 1 aliphatic heterocycles. The third-order valence-corrected chi connectivity index (χ3v) is 6.20.